The first-order valence-electron chi connectivity index (χ1n) is 7.34. The lowest BCUT2D eigenvalue weighted by atomic mass is 10.2. The van der Waals surface area contributed by atoms with Crippen molar-refractivity contribution in [2.45, 2.75) is 12.5 Å². The van der Waals surface area contributed by atoms with Crippen molar-refractivity contribution in [3.05, 3.63) is 22.3 Å². The fraction of sp³-hybridized carbons (Fsp3) is 0.500. The molecule has 0 saturated heterocycles. The number of hydrogen-bond acceptors (Lipinski definition) is 3. The first kappa shape index (κ1) is 2.55. The molecule has 62 valence electrons. The van der Waals surface area contributed by atoms with Crippen LogP contribution in [-0.2, 0) is 0 Å². The zero-order valence-electron chi connectivity index (χ0n) is 14.6. The van der Waals surface area contributed by atoms with Gasteiger partial charge >= 0.3 is 0 Å². The molecule has 2 N–H and O–H groups in total. The maximum absolute atomic E-state index is 10.0. The van der Waals surface area contributed by atoms with Gasteiger partial charge in [-0.15, -0.1) is 11.3 Å². The minimum Gasteiger partial charge on any atom is -0.388 e. The van der Waals surface area contributed by atoms with Gasteiger partial charge in [0.15, 0.2) is 0 Å². The predicted molar refractivity (Wildman–Crippen MR) is 47.8 cm³/mol. The van der Waals surface area contributed by atoms with Crippen LogP contribution in [0.25, 0.3) is 0 Å². The van der Waals surface area contributed by atoms with Crippen molar-refractivity contribution >= 4 is 11.3 Å². The molecule has 0 saturated carbocycles. The van der Waals surface area contributed by atoms with Crippen LogP contribution in [0.2, 0.25) is 0 Å². The predicted octanol–water partition coefficient (Wildman–Crippen LogP) is 1.39. The van der Waals surface area contributed by atoms with Crippen LogP contribution in [0.1, 0.15) is 29.7 Å². The zero-order valence-corrected chi connectivity index (χ0v) is 6.38. The Balaban J connectivity index is 3.10. The van der Waals surface area contributed by atoms with Crippen LogP contribution < -0.4 is 5.32 Å². The van der Waals surface area contributed by atoms with Crippen molar-refractivity contribution in [2.75, 3.05) is 13.5 Å². The van der Waals surface area contributed by atoms with Gasteiger partial charge in [-0.3, -0.25) is 0 Å². The Hall–Kier alpha value is -0.380. The summed E-state index contributed by atoms with van der Waals surface area (Å²) in [6, 6.07) is -1.11. The summed E-state index contributed by atoms with van der Waals surface area (Å²) in [6.45, 7) is -3.48. The van der Waals surface area contributed by atoms with Gasteiger partial charge in [-0.05, 0) is 31.3 Å². The second-order valence-corrected chi connectivity index (χ2v) is 2.48. The number of aliphatic hydroxyl groups is 1. The molecule has 0 aliphatic carbocycles. The lowest BCUT2D eigenvalue weighted by Crippen LogP contribution is -2.11. The molecule has 1 aromatic rings. The average Bonchev–Trinajstić information content (AvgIpc) is 2.54. The quantitative estimate of drug-likeness (QED) is 0.734. The first-order valence-corrected chi connectivity index (χ1v) is 3.66. The van der Waals surface area contributed by atoms with E-state index in [2.05, 4.69) is 0 Å². The van der Waals surface area contributed by atoms with Crippen LogP contribution >= 0.6 is 11.3 Å². The van der Waals surface area contributed by atoms with E-state index in [1.807, 2.05) is 5.32 Å². The molecule has 0 unspecified atom stereocenters. The number of hydrogen-bond donors (Lipinski definition) is 2. The zero-order chi connectivity index (χ0) is 15.9. The molecule has 11 heavy (non-hydrogen) atoms. The normalized spacial score (nSPS) is 30.5. The molecule has 0 bridgehead atoms. The molecule has 0 amide bonds. The Morgan fingerprint density at radius 3 is 3.73 bits per heavy atom. The molecule has 1 rings (SSSR count). The highest BCUT2D eigenvalue weighted by atomic mass is 32.1. The van der Waals surface area contributed by atoms with E-state index >= 15 is 0 Å². The fourth-order valence-electron chi connectivity index (χ4n) is 0.500. The number of rotatable bonds is 4. The van der Waals surface area contributed by atoms with E-state index in [0.717, 1.165) is 0 Å². The van der Waals surface area contributed by atoms with Gasteiger partial charge in [-0.25, -0.2) is 0 Å². The van der Waals surface area contributed by atoms with E-state index < -0.39 is 42.9 Å². The van der Waals surface area contributed by atoms with Gasteiger partial charge in [0, 0.05) is 11.7 Å². The Morgan fingerprint density at radius 2 is 3.09 bits per heavy atom. The minimum absolute atomic E-state index is 0.366. The highest BCUT2D eigenvalue weighted by molar-refractivity contribution is 7.10. The van der Waals surface area contributed by atoms with Crippen LogP contribution in [0.4, 0.5) is 0 Å². The summed E-state index contributed by atoms with van der Waals surface area (Å²) < 4.78 is 66.0. The summed E-state index contributed by atoms with van der Waals surface area (Å²) in [5.41, 5.74) is 0. The van der Waals surface area contributed by atoms with Crippen LogP contribution in [-0.4, -0.2) is 18.6 Å². The molecule has 3 heteroatoms. The van der Waals surface area contributed by atoms with Crippen LogP contribution in [0.5, 0.6) is 0 Å². The molecule has 0 spiro atoms. The molecular formula is C8H13NOS. The van der Waals surface area contributed by atoms with Gasteiger partial charge in [0.25, 0.3) is 0 Å². The molecule has 0 radical (unpaired) electrons. The average molecular weight is 180 g/mol. The first-order chi connectivity index (χ1) is 8.79. The smallest absolute Gasteiger partial charge is 0.0894 e. The summed E-state index contributed by atoms with van der Waals surface area (Å²) in [7, 11) is 0. The Kier molecular flexibility index (Phi) is 1.04. The molecule has 0 aromatic carbocycles. The molecule has 1 atom stereocenters. The van der Waals surface area contributed by atoms with E-state index in [-0.39, 0.29) is 5.36 Å². The van der Waals surface area contributed by atoms with Gasteiger partial charge in [0.05, 0.1) is 11.6 Å². The summed E-state index contributed by atoms with van der Waals surface area (Å²) in [6.07, 6.45) is -5.65. The van der Waals surface area contributed by atoms with Crippen molar-refractivity contribution in [3.63, 3.8) is 0 Å². The Morgan fingerprint density at radius 1 is 2.18 bits per heavy atom. The maximum atomic E-state index is 10.0. The lowest BCUT2D eigenvalue weighted by Gasteiger charge is -2.06. The third-order valence-corrected chi connectivity index (χ3v) is 1.64. The van der Waals surface area contributed by atoms with Crippen molar-refractivity contribution in [1.82, 2.24) is 5.32 Å². The second kappa shape index (κ2) is 4.49. The van der Waals surface area contributed by atoms with E-state index in [9.17, 15) is 5.11 Å². The maximum Gasteiger partial charge on any atom is 0.0894 e. The summed E-state index contributed by atoms with van der Waals surface area (Å²) in [5.74, 6) is 0. The minimum atomic E-state index is -2.93. The SMILES string of the molecule is [2H]c1sc([C@@]([2H])(O)C([2H])([2H])CNC([2H])([2H])[2H])c([2H])c1[2H]. The van der Waals surface area contributed by atoms with E-state index in [1.165, 1.54) is 0 Å². The van der Waals surface area contributed by atoms with Gasteiger partial charge in [0.1, 0.15) is 0 Å². The molecule has 1 aromatic heterocycles. The summed E-state index contributed by atoms with van der Waals surface area (Å²) in [4.78, 5) is -0.496. The highest BCUT2D eigenvalue weighted by Crippen LogP contribution is 2.20. The van der Waals surface area contributed by atoms with Crippen molar-refractivity contribution in [3.8, 4) is 0 Å². The molecular weight excluding hydrogens is 158 g/mol. The monoisotopic (exact) mass is 180 g/mol. The summed E-state index contributed by atoms with van der Waals surface area (Å²) >= 11 is 0.454. The Labute approximate surface area is 83.5 Å². The highest BCUT2D eigenvalue weighted by Gasteiger charge is 2.06. The van der Waals surface area contributed by atoms with E-state index in [1.54, 1.807) is 0 Å². The van der Waals surface area contributed by atoms with Crippen molar-refractivity contribution in [1.29, 1.82) is 0 Å². The lowest BCUT2D eigenvalue weighted by molar-refractivity contribution is 0.171. The third-order valence-electron chi connectivity index (χ3n) is 0.939. The summed E-state index contributed by atoms with van der Waals surface area (Å²) in [5, 5.41) is 11.5. The van der Waals surface area contributed by atoms with Gasteiger partial charge in [-0.2, -0.15) is 0 Å². The molecule has 0 aliphatic rings. The van der Waals surface area contributed by atoms with E-state index in [4.69, 9.17) is 12.3 Å². The van der Waals surface area contributed by atoms with Crippen molar-refractivity contribution < 1.29 is 17.4 Å². The Bertz CT molecular complexity index is 495. The number of thiophene rings is 1. The van der Waals surface area contributed by atoms with Gasteiger partial charge < -0.3 is 10.4 Å². The second-order valence-electron chi connectivity index (χ2n) is 1.66. The largest absolute Gasteiger partial charge is 0.388 e. The van der Waals surface area contributed by atoms with Crippen LogP contribution in [0, 0.1) is 0 Å². The van der Waals surface area contributed by atoms with E-state index in [0.29, 0.717) is 11.3 Å². The van der Waals surface area contributed by atoms with Crippen molar-refractivity contribution in [2.24, 2.45) is 0 Å². The fourth-order valence-corrected chi connectivity index (χ4v) is 0.975. The van der Waals surface area contributed by atoms with Gasteiger partial charge in [0.2, 0.25) is 0 Å². The van der Waals surface area contributed by atoms with Crippen LogP contribution in [0.3, 0.4) is 0 Å². The van der Waals surface area contributed by atoms with Gasteiger partial charge in [-0.1, -0.05) is 6.04 Å². The number of nitrogens with one attached hydrogen (secondary N) is 1. The topological polar surface area (TPSA) is 32.3 Å². The van der Waals surface area contributed by atoms with Crippen LogP contribution in [0.15, 0.2) is 17.4 Å². The third kappa shape index (κ3) is 2.61. The molecule has 1 heterocycles. The standard InChI is InChI=1S/C8H13NOS/c1-9-5-4-7(10)8-3-2-6-11-8/h2-3,6-7,9-10H,4-5H2,1H3/t7-/m0/s1/i1D3,2D,3D,4D2,6D,7D. The molecule has 2 nitrogen and oxygen atoms in total. The molecule has 0 aliphatic heterocycles. The molecule has 0 fully saturated rings.